The Morgan fingerprint density at radius 3 is 2.45 bits per heavy atom. The second-order valence-electron chi connectivity index (χ2n) is 19.2. The number of hydrogen-bond acceptors (Lipinski definition) is 7. The average Bonchev–Trinajstić information content (AvgIpc) is 3.74. The van der Waals surface area contributed by atoms with Gasteiger partial charge in [0.15, 0.2) is 0 Å². The third-order valence-corrected chi connectivity index (χ3v) is 18.0. The van der Waals surface area contributed by atoms with Crippen molar-refractivity contribution in [3.63, 3.8) is 0 Å². The van der Waals surface area contributed by atoms with Gasteiger partial charge in [-0.2, -0.15) is 0 Å². The lowest BCUT2D eigenvalue weighted by Crippen LogP contribution is -2.50. The molecule has 4 fully saturated rings. The van der Waals surface area contributed by atoms with Gasteiger partial charge in [0.1, 0.15) is 11.9 Å². The van der Waals surface area contributed by atoms with Crippen molar-refractivity contribution < 1.29 is 30.4 Å². The van der Waals surface area contributed by atoms with Gasteiger partial charge in [0.05, 0.1) is 19.4 Å². The molecule has 5 aliphatic rings. The van der Waals surface area contributed by atoms with Crippen molar-refractivity contribution in [2.24, 2.45) is 46.3 Å². The summed E-state index contributed by atoms with van der Waals surface area (Å²) in [7, 11) is 3.94. The van der Waals surface area contributed by atoms with Gasteiger partial charge in [0, 0.05) is 44.1 Å². The van der Waals surface area contributed by atoms with Crippen molar-refractivity contribution in [1.82, 2.24) is 4.90 Å². The first-order valence-corrected chi connectivity index (χ1v) is 24.6. The fourth-order valence-electron chi connectivity index (χ4n) is 12.0. The molecule has 7 nitrogen and oxygen atoms in total. The lowest BCUT2D eigenvalue weighted by Gasteiger charge is -2.58. The van der Waals surface area contributed by atoms with E-state index in [4.69, 9.17) is 11.2 Å². The van der Waals surface area contributed by atoms with Crippen LogP contribution in [0.25, 0.3) is 0 Å². The highest BCUT2D eigenvalue weighted by Gasteiger charge is 2.59. The van der Waals surface area contributed by atoms with Crippen molar-refractivity contribution in [3.05, 3.63) is 11.6 Å². The summed E-state index contributed by atoms with van der Waals surface area (Å²) in [6.45, 7) is 13.0. The topological polar surface area (TPSA) is 101 Å². The number of aliphatic carboxylic acids is 1. The molecule has 5 rings (SSSR count). The molecular formula is C46H75NO6S2. The number of fused-ring (bicyclic) bond motifs is 5. The number of carbonyl (C=O) groups excluding carboxylic acids is 3. The Bertz CT molecular complexity index is 1370. The summed E-state index contributed by atoms with van der Waals surface area (Å²) >= 11 is 0. The fourth-order valence-corrected chi connectivity index (χ4v) is 14.6. The monoisotopic (exact) mass is 804 g/mol. The first-order chi connectivity index (χ1) is 26.7. The van der Waals surface area contributed by atoms with E-state index < -0.39 is 18.0 Å². The molecule has 1 saturated heterocycles. The van der Waals surface area contributed by atoms with Gasteiger partial charge < -0.3 is 14.7 Å². The molecule has 4 aliphatic carbocycles. The maximum Gasteiger partial charge on any atom is 0.306 e. The van der Waals surface area contributed by atoms with Gasteiger partial charge in [-0.25, -0.2) is 0 Å². The standard InChI is InChI=1S/C46H75NO6S2/c1-31(2)12-11-13-32(3)39-18-19-40-38-17-16-34-29-37(22-25-45(34,5)41(38)23-26-46(39,40)6)55-54-27-24-35(48)14-9-7-8-10-15-42(49)47-30-36(28-33(47)4)53-44(52)21-20-43(50)51/h16,31-33,36-41H,7-15,17-30H2,1-6H3,(H,50,51)/t32-,33-,36-,37+,38?,39-,40?,41?,45+,46-/m1/s1/i4T. The van der Waals surface area contributed by atoms with Gasteiger partial charge >= 0.3 is 11.9 Å². The maximum absolute atomic E-state index is 12.9. The zero-order chi connectivity index (χ0) is 40.5. The Kier molecular flexibility index (Phi) is 16.0. The van der Waals surface area contributed by atoms with Crippen molar-refractivity contribution >= 4 is 45.2 Å². The number of allylic oxidation sites excluding steroid dienone is 2. The summed E-state index contributed by atoms with van der Waals surface area (Å²) in [5.41, 5.74) is 2.70. The number of carbonyl (C=O) groups is 4. The molecule has 0 radical (unpaired) electrons. The summed E-state index contributed by atoms with van der Waals surface area (Å²) in [5.74, 6) is 4.83. The predicted octanol–water partition coefficient (Wildman–Crippen LogP) is 11.5. The Hall–Kier alpha value is -1.48. The Morgan fingerprint density at radius 2 is 1.71 bits per heavy atom. The number of likely N-dealkylation sites (tertiary alicyclic amines) is 1. The molecule has 0 spiro atoms. The van der Waals surface area contributed by atoms with E-state index >= 15 is 0 Å². The third-order valence-electron chi connectivity index (χ3n) is 15.1. The Morgan fingerprint density at radius 1 is 0.927 bits per heavy atom. The minimum absolute atomic E-state index is 0.0277. The van der Waals surface area contributed by atoms with E-state index in [0.717, 1.165) is 66.9 Å². The molecule has 55 heavy (non-hydrogen) atoms. The lowest BCUT2D eigenvalue weighted by atomic mass is 9.47. The maximum atomic E-state index is 12.9. The third kappa shape index (κ3) is 11.6. The van der Waals surface area contributed by atoms with Crippen LogP contribution < -0.4 is 0 Å². The lowest BCUT2D eigenvalue weighted by molar-refractivity contribution is -0.152. The summed E-state index contributed by atoms with van der Waals surface area (Å²) in [4.78, 5) is 49.9. The molecule has 0 aromatic heterocycles. The molecule has 1 N–H and O–H groups in total. The van der Waals surface area contributed by atoms with E-state index in [1.165, 1.54) is 70.6 Å². The van der Waals surface area contributed by atoms with E-state index in [9.17, 15) is 19.2 Å². The average molecular weight is 804 g/mol. The van der Waals surface area contributed by atoms with Crippen molar-refractivity contribution in [1.29, 1.82) is 0 Å². The number of ether oxygens (including phenoxy) is 1. The van der Waals surface area contributed by atoms with Crippen LogP contribution in [-0.4, -0.2) is 63.3 Å². The minimum Gasteiger partial charge on any atom is -0.481 e. The van der Waals surface area contributed by atoms with Crippen LogP contribution in [0.5, 0.6) is 0 Å². The molecule has 1 amide bonds. The van der Waals surface area contributed by atoms with E-state index in [2.05, 4.69) is 40.7 Å². The Balaban J connectivity index is 0.938. The number of hydrogen-bond donors (Lipinski definition) is 1. The number of ketones is 1. The predicted molar refractivity (Wildman–Crippen MR) is 227 cm³/mol. The quantitative estimate of drug-likeness (QED) is 0.0530. The van der Waals surface area contributed by atoms with Gasteiger partial charge in [0.2, 0.25) is 5.91 Å². The summed E-state index contributed by atoms with van der Waals surface area (Å²) in [6, 6.07) is -0.282. The second kappa shape index (κ2) is 20.5. The molecule has 9 heteroatoms. The molecule has 1 heterocycles. The van der Waals surface area contributed by atoms with Crippen LogP contribution in [0.3, 0.4) is 0 Å². The van der Waals surface area contributed by atoms with Crippen molar-refractivity contribution in [2.75, 3.05) is 12.3 Å². The van der Waals surface area contributed by atoms with E-state index in [0.29, 0.717) is 47.5 Å². The highest BCUT2D eigenvalue weighted by molar-refractivity contribution is 8.76. The van der Waals surface area contributed by atoms with Crippen LogP contribution in [0.15, 0.2) is 11.6 Å². The van der Waals surface area contributed by atoms with Gasteiger partial charge in [-0.05, 0) is 117 Å². The summed E-state index contributed by atoms with van der Waals surface area (Å²) < 4.78 is 13.2. The molecule has 1 aliphatic heterocycles. The van der Waals surface area contributed by atoms with E-state index in [-0.39, 0.29) is 38.2 Å². The van der Waals surface area contributed by atoms with Crippen LogP contribution in [0.4, 0.5) is 0 Å². The smallest absolute Gasteiger partial charge is 0.306 e. The second-order valence-corrected chi connectivity index (χ2v) is 22.0. The number of rotatable bonds is 21. The number of nitrogens with zero attached hydrogens (tertiary/aromatic N) is 1. The van der Waals surface area contributed by atoms with Gasteiger partial charge in [-0.3, -0.25) is 19.2 Å². The SMILES string of the molecule is [3H]C[C@@H]1C[C@@H](OC(=O)CCC(=O)O)CN1C(=O)CCCCCCC(=O)CCSS[C@H]1CC[C@@]2(C)C(=CCC3C2CC[C@@]2(C)C3CC[C@@H]2[C@H](C)CCCC(C)C)C1. The van der Waals surface area contributed by atoms with Crippen molar-refractivity contribution in [3.8, 4) is 0 Å². The van der Waals surface area contributed by atoms with Crippen LogP contribution in [0.1, 0.15) is 178 Å². The molecule has 0 aromatic rings. The highest BCUT2D eigenvalue weighted by Crippen LogP contribution is 2.67. The largest absolute Gasteiger partial charge is 0.481 e. The molecule has 0 bridgehead atoms. The number of esters is 1. The fraction of sp³-hybridized carbons (Fsp3) is 0.870. The van der Waals surface area contributed by atoms with E-state index in [1.54, 1.807) is 10.5 Å². The number of Topliss-reactive ketones (excluding diaryl/α,β-unsaturated/α-hetero) is 1. The van der Waals surface area contributed by atoms with Crippen LogP contribution in [0.2, 0.25) is 0 Å². The van der Waals surface area contributed by atoms with Crippen LogP contribution in [-0.2, 0) is 23.9 Å². The van der Waals surface area contributed by atoms with Crippen LogP contribution in [0, 0.1) is 46.3 Å². The van der Waals surface area contributed by atoms with E-state index in [1.807, 2.05) is 21.6 Å². The molecule has 0 aromatic carbocycles. The first-order valence-electron chi connectivity index (χ1n) is 22.9. The Labute approximate surface area is 343 Å². The van der Waals surface area contributed by atoms with Gasteiger partial charge in [-0.1, -0.05) is 100.0 Å². The molecule has 3 saturated carbocycles. The van der Waals surface area contributed by atoms with Gasteiger partial charge in [-0.15, -0.1) is 0 Å². The molecule has 10 atom stereocenters. The first kappa shape index (κ1) is 43.1. The number of unbranched alkanes of at least 4 members (excludes halogenated alkanes) is 3. The number of carboxylic acid groups (broad SMARTS) is 1. The van der Waals surface area contributed by atoms with Crippen molar-refractivity contribution in [2.45, 2.75) is 194 Å². The molecular weight excluding hydrogens is 727 g/mol. The summed E-state index contributed by atoms with van der Waals surface area (Å²) in [6.07, 6.45) is 22.4. The summed E-state index contributed by atoms with van der Waals surface area (Å²) in [5, 5.41) is 9.43. The number of carboxylic acids is 1. The number of amides is 1. The zero-order valence-electron chi connectivity index (χ0n) is 36.0. The van der Waals surface area contributed by atoms with Gasteiger partial charge in [0.25, 0.3) is 0 Å². The van der Waals surface area contributed by atoms with Crippen LogP contribution >= 0.6 is 21.6 Å². The molecule has 3 unspecified atom stereocenters. The normalized spacial score (nSPS) is 33.6. The molecule has 312 valence electrons. The highest BCUT2D eigenvalue weighted by atomic mass is 33.1. The minimum atomic E-state index is -1.05. The zero-order valence-corrected chi connectivity index (χ0v) is 36.6.